The Bertz CT molecular complexity index is 1210. The van der Waals surface area contributed by atoms with Crippen LogP contribution in [0.1, 0.15) is 44.2 Å². The first-order valence-corrected chi connectivity index (χ1v) is 13.4. The van der Waals surface area contributed by atoms with Crippen molar-refractivity contribution in [1.82, 2.24) is 19.8 Å². The van der Waals surface area contributed by atoms with Gasteiger partial charge in [0.15, 0.2) is 11.5 Å². The molecule has 1 atom stereocenters. The summed E-state index contributed by atoms with van der Waals surface area (Å²) in [5.41, 5.74) is 4.23. The number of imidazole rings is 1. The molecule has 8 heteroatoms. The molecule has 0 saturated carbocycles. The van der Waals surface area contributed by atoms with Crippen LogP contribution >= 0.6 is 11.6 Å². The van der Waals surface area contributed by atoms with Gasteiger partial charge in [0.25, 0.3) is 0 Å². The summed E-state index contributed by atoms with van der Waals surface area (Å²) in [6.07, 6.45) is 4.49. The minimum atomic E-state index is -0.0215. The van der Waals surface area contributed by atoms with Crippen molar-refractivity contribution in [2.75, 3.05) is 32.8 Å². The summed E-state index contributed by atoms with van der Waals surface area (Å²) in [6, 6.07) is 10.1. The van der Waals surface area contributed by atoms with Gasteiger partial charge in [-0.1, -0.05) is 37.6 Å². The summed E-state index contributed by atoms with van der Waals surface area (Å²) in [5, 5.41) is 0.540. The molecule has 36 heavy (non-hydrogen) atoms. The number of piperidine rings is 1. The Morgan fingerprint density at radius 3 is 2.97 bits per heavy atom. The monoisotopic (exact) mass is 510 g/mol. The van der Waals surface area contributed by atoms with E-state index in [0.29, 0.717) is 48.7 Å². The number of nitrogens with zero attached hydrogens (tertiary/aromatic N) is 3. The Kier molecular flexibility index (Phi) is 7.67. The molecule has 1 unspecified atom stereocenters. The van der Waals surface area contributed by atoms with Crippen molar-refractivity contribution >= 4 is 28.5 Å². The Hall–Kier alpha value is -2.77. The van der Waals surface area contributed by atoms with E-state index in [9.17, 15) is 4.79 Å². The highest BCUT2D eigenvalue weighted by atomic mass is 35.5. The average Bonchev–Trinajstić information content (AvgIpc) is 3.22. The number of amides is 1. The number of halogens is 1. The van der Waals surface area contributed by atoms with Crippen molar-refractivity contribution in [1.29, 1.82) is 0 Å². The van der Waals surface area contributed by atoms with E-state index in [1.807, 2.05) is 23.1 Å². The topological polar surface area (TPSA) is 70.7 Å². The highest BCUT2D eigenvalue weighted by Crippen LogP contribution is 2.38. The van der Waals surface area contributed by atoms with Crippen LogP contribution in [-0.2, 0) is 17.9 Å². The fourth-order valence-electron chi connectivity index (χ4n) is 5.32. The van der Waals surface area contributed by atoms with E-state index in [0.717, 1.165) is 55.5 Å². The third-order valence-electron chi connectivity index (χ3n) is 6.91. The van der Waals surface area contributed by atoms with Crippen LogP contribution in [0.2, 0.25) is 5.02 Å². The van der Waals surface area contributed by atoms with Gasteiger partial charge in [0, 0.05) is 32.6 Å². The minimum Gasteiger partial charge on any atom is -0.489 e. The zero-order valence-corrected chi connectivity index (χ0v) is 21.9. The predicted octanol–water partition coefficient (Wildman–Crippen LogP) is 5.27. The lowest BCUT2D eigenvalue weighted by atomic mass is 9.95. The van der Waals surface area contributed by atoms with Crippen LogP contribution in [0.15, 0.2) is 36.7 Å². The number of likely N-dealkylation sites (tertiary alicyclic amines) is 1. The first-order valence-electron chi connectivity index (χ1n) is 13.0. The maximum atomic E-state index is 13.8. The summed E-state index contributed by atoms with van der Waals surface area (Å²) < 4.78 is 11.7. The van der Waals surface area contributed by atoms with Crippen molar-refractivity contribution in [2.24, 2.45) is 11.8 Å². The Morgan fingerprint density at radius 1 is 1.25 bits per heavy atom. The molecule has 0 bridgehead atoms. The third kappa shape index (κ3) is 5.62. The lowest BCUT2D eigenvalue weighted by molar-refractivity contribution is -0.138. The normalized spacial score (nSPS) is 18.4. The first-order chi connectivity index (χ1) is 17.5. The number of aromatic amines is 1. The second-order valence-corrected chi connectivity index (χ2v) is 10.8. The maximum Gasteiger partial charge on any atom is 0.227 e. The number of para-hydroxylation sites is 1. The second kappa shape index (κ2) is 11.1. The number of hydrogen-bond donors (Lipinski definition) is 1. The van der Waals surface area contributed by atoms with Crippen molar-refractivity contribution in [2.45, 2.75) is 46.2 Å². The lowest BCUT2D eigenvalue weighted by Gasteiger charge is -2.35. The summed E-state index contributed by atoms with van der Waals surface area (Å²) in [5.74, 6) is 1.83. The molecule has 1 fully saturated rings. The van der Waals surface area contributed by atoms with E-state index in [2.05, 4.69) is 40.8 Å². The van der Waals surface area contributed by atoms with Crippen LogP contribution in [0.3, 0.4) is 0 Å². The molecule has 2 aromatic carbocycles. The summed E-state index contributed by atoms with van der Waals surface area (Å²) in [4.78, 5) is 25.9. The molecule has 192 valence electrons. The molecule has 1 aromatic heterocycles. The van der Waals surface area contributed by atoms with Gasteiger partial charge in [-0.15, -0.1) is 0 Å². The lowest BCUT2D eigenvalue weighted by Crippen LogP contribution is -2.45. The van der Waals surface area contributed by atoms with Gasteiger partial charge in [0.2, 0.25) is 5.91 Å². The van der Waals surface area contributed by atoms with Crippen molar-refractivity contribution in [3.63, 3.8) is 0 Å². The van der Waals surface area contributed by atoms with Crippen LogP contribution in [0.25, 0.3) is 11.0 Å². The standard InChI is InChI=1S/C28H35ClN4O3/c1-19(2)14-33(15-20-12-23(29)27-25(13-20)35-10-5-11-36-27)28(34)22-7-4-9-32(17-22)16-21-6-3-8-24-26(21)31-18-30-24/h3,6,8,12-13,18-19,22H,4-5,7,9-11,14-17H2,1-2H3,(H,30,31). The molecule has 0 radical (unpaired) electrons. The summed E-state index contributed by atoms with van der Waals surface area (Å²) >= 11 is 6.54. The molecule has 0 aliphatic carbocycles. The highest BCUT2D eigenvalue weighted by Gasteiger charge is 2.30. The zero-order valence-electron chi connectivity index (χ0n) is 21.1. The zero-order chi connectivity index (χ0) is 25.1. The number of carbonyl (C=O) groups is 1. The van der Waals surface area contributed by atoms with E-state index in [4.69, 9.17) is 21.1 Å². The van der Waals surface area contributed by atoms with E-state index in [-0.39, 0.29) is 11.8 Å². The van der Waals surface area contributed by atoms with Gasteiger partial charge in [-0.25, -0.2) is 4.98 Å². The molecule has 1 amide bonds. The minimum absolute atomic E-state index is 0.0215. The van der Waals surface area contributed by atoms with Crippen LogP contribution in [0.5, 0.6) is 11.5 Å². The van der Waals surface area contributed by atoms with Gasteiger partial charge in [0.05, 0.1) is 41.5 Å². The summed E-state index contributed by atoms with van der Waals surface area (Å²) in [6.45, 7) is 9.26. The molecule has 1 N–H and O–H groups in total. The number of hydrogen-bond acceptors (Lipinski definition) is 5. The molecule has 2 aliphatic heterocycles. The fraction of sp³-hybridized carbons (Fsp3) is 0.500. The number of aromatic nitrogens is 2. The molecule has 3 aromatic rings. The Morgan fingerprint density at radius 2 is 2.11 bits per heavy atom. The molecule has 2 aliphatic rings. The van der Waals surface area contributed by atoms with E-state index in [1.54, 1.807) is 6.33 Å². The quantitative estimate of drug-likeness (QED) is 0.468. The number of fused-ring (bicyclic) bond motifs is 2. The largest absolute Gasteiger partial charge is 0.489 e. The highest BCUT2D eigenvalue weighted by molar-refractivity contribution is 6.32. The van der Waals surface area contributed by atoms with Crippen molar-refractivity contribution in [3.8, 4) is 11.5 Å². The number of carbonyl (C=O) groups excluding carboxylic acids is 1. The molecule has 3 heterocycles. The van der Waals surface area contributed by atoms with Gasteiger partial charge in [0.1, 0.15) is 0 Å². The fourth-order valence-corrected chi connectivity index (χ4v) is 5.61. The van der Waals surface area contributed by atoms with Gasteiger partial charge in [-0.05, 0) is 54.6 Å². The predicted molar refractivity (Wildman–Crippen MR) is 141 cm³/mol. The molecule has 0 spiro atoms. The van der Waals surface area contributed by atoms with Crippen LogP contribution in [0, 0.1) is 11.8 Å². The number of rotatable bonds is 7. The second-order valence-electron chi connectivity index (χ2n) is 10.4. The Balaban J connectivity index is 1.30. The van der Waals surface area contributed by atoms with Crippen LogP contribution < -0.4 is 9.47 Å². The third-order valence-corrected chi connectivity index (χ3v) is 7.20. The molecule has 7 nitrogen and oxygen atoms in total. The van der Waals surface area contributed by atoms with E-state index >= 15 is 0 Å². The van der Waals surface area contributed by atoms with Crippen molar-refractivity contribution < 1.29 is 14.3 Å². The van der Waals surface area contributed by atoms with E-state index in [1.165, 1.54) is 5.56 Å². The smallest absolute Gasteiger partial charge is 0.227 e. The van der Waals surface area contributed by atoms with Gasteiger partial charge in [-0.3, -0.25) is 9.69 Å². The molecule has 5 rings (SSSR count). The first kappa shape index (κ1) is 24.9. The van der Waals surface area contributed by atoms with Gasteiger partial charge >= 0.3 is 0 Å². The molecule has 1 saturated heterocycles. The summed E-state index contributed by atoms with van der Waals surface area (Å²) in [7, 11) is 0. The van der Waals surface area contributed by atoms with Crippen LogP contribution in [0.4, 0.5) is 0 Å². The maximum absolute atomic E-state index is 13.8. The van der Waals surface area contributed by atoms with Crippen LogP contribution in [-0.4, -0.2) is 58.5 Å². The number of H-pyrrole nitrogens is 1. The number of nitrogens with one attached hydrogen (secondary N) is 1. The molecular formula is C28H35ClN4O3. The SMILES string of the molecule is CC(C)CN(Cc1cc(Cl)c2c(c1)OCCCO2)C(=O)C1CCCN(Cc2cccc3[nH]cnc23)C1. The number of ether oxygens (including phenoxy) is 2. The Labute approximate surface area is 217 Å². The average molecular weight is 511 g/mol. The van der Waals surface area contributed by atoms with Crippen molar-refractivity contribution in [3.05, 3.63) is 52.8 Å². The van der Waals surface area contributed by atoms with Gasteiger partial charge in [-0.2, -0.15) is 0 Å². The van der Waals surface area contributed by atoms with Gasteiger partial charge < -0.3 is 19.4 Å². The number of benzene rings is 2. The molecular weight excluding hydrogens is 476 g/mol. The van der Waals surface area contributed by atoms with E-state index < -0.39 is 0 Å².